The molecule has 0 saturated heterocycles. The molecule has 0 spiro atoms. The second-order valence-electron chi connectivity index (χ2n) is 1.83. The minimum absolute atomic E-state index is 0.156. The third kappa shape index (κ3) is 1.81. The molecule has 0 bridgehead atoms. The highest BCUT2D eigenvalue weighted by atomic mass is 35.5. The molecule has 54 valence electrons. The molecule has 1 rings (SSSR count). The van der Waals surface area contributed by atoms with Gasteiger partial charge < -0.3 is 10.5 Å². The van der Waals surface area contributed by atoms with E-state index >= 15 is 0 Å². The molecule has 0 heterocycles. The Kier molecular flexibility index (Phi) is 2.40. The van der Waals surface area contributed by atoms with Gasteiger partial charge in [-0.3, -0.25) is 0 Å². The number of hydrogen-bond acceptors (Lipinski definition) is 2. The standard InChI is InChI=1S/C7H8ClNO/c8-5-10-7-3-1-2-6(9)4-7/h1-4H,5,9H2. The molecular formula is C7H8ClNO. The molecule has 0 radical (unpaired) electrons. The number of hydrogen-bond donors (Lipinski definition) is 1. The quantitative estimate of drug-likeness (QED) is 0.525. The molecule has 0 aromatic heterocycles. The van der Waals surface area contributed by atoms with Crippen LogP contribution in [0.3, 0.4) is 0 Å². The summed E-state index contributed by atoms with van der Waals surface area (Å²) >= 11 is 5.33. The highest BCUT2D eigenvalue weighted by Gasteiger charge is 1.90. The second-order valence-corrected chi connectivity index (χ2v) is 2.04. The van der Waals surface area contributed by atoms with E-state index in [1.807, 2.05) is 6.07 Å². The SMILES string of the molecule is Nc1cccc(OCCl)c1. The summed E-state index contributed by atoms with van der Waals surface area (Å²) in [6.45, 7) is 0. The summed E-state index contributed by atoms with van der Waals surface area (Å²) in [5, 5.41) is 0. The molecule has 1 aromatic rings. The van der Waals surface area contributed by atoms with Gasteiger partial charge in [0.2, 0.25) is 0 Å². The van der Waals surface area contributed by atoms with Gasteiger partial charge in [-0.25, -0.2) is 0 Å². The first-order valence-electron chi connectivity index (χ1n) is 2.87. The molecule has 0 aliphatic rings. The largest absolute Gasteiger partial charge is 0.478 e. The van der Waals surface area contributed by atoms with Crippen LogP contribution in [0.5, 0.6) is 5.75 Å². The van der Waals surface area contributed by atoms with Crippen molar-refractivity contribution in [1.29, 1.82) is 0 Å². The number of ether oxygens (including phenoxy) is 1. The summed E-state index contributed by atoms with van der Waals surface area (Å²) in [7, 11) is 0. The molecule has 0 aliphatic heterocycles. The molecule has 10 heavy (non-hydrogen) atoms. The first kappa shape index (κ1) is 7.22. The second kappa shape index (κ2) is 3.32. The van der Waals surface area contributed by atoms with Crippen LogP contribution < -0.4 is 10.5 Å². The molecule has 2 nitrogen and oxygen atoms in total. The fourth-order valence-electron chi connectivity index (χ4n) is 0.667. The van der Waals surface area contributed by atoms with E-state index in [1.165, 1.54) is 0 Å². The van der Waals surface area contributed by atoms with E-state index in [-0.39, 0.29) is 6.07 Å². The zero-order valence-corrected chi connectivity index (χ0v) is 6.14. The van der Waals surface area contributed by atoms with Crippen molar-refractivity contribution in [2.45, 2.75) is 0 Å². The van der Waals surface area contributed by atoms with Crippen LogP contribution >= 0.6 is 11.6 Å². The van der Waals surface area contributed by atoms with Gasteiger partial charge >= 0.3 is 0 Å². The van der Waals surface area contributed by atoms with E-state index in [4.69, 9.17) is 22.1 Å². The molecule has 1 aromatic carbocycles. The lowest BCUT2D eigenvalue weighted by atomic mass is 10.3. The number of nitrogen functional groups attached to an aromatic ring is 1. The van der Waals surface area contributed by atoms with Crippen LogP contribution in [0.2, 0.25) is 0 Å². The van der Waals surface area contributed by atoms with Crippen molar-refractivity contribution in [2.75, 3.05) is 11.8 Å². The van der Waals surface area contributed by atoms with E-state index in [0.29, 0.717) is 11.4 Å². The smallest absolute Gasteiger partial charge is 0.162 e. The van der Waals surface area contributed by atoms with Crippen LogP contribution in [0.1, 0.15) is 0 Å². The molecule has 0 fully saturated rings. The highest BCUT2D eigenvalue weighted by molar-refractivity contribution is 6.17. The Morgan fingerprint density at radius 2 is 2.30 bits per heavy atom. The summed E-state index contributed by atoms with van der Waals surface area (Å²) in [6.07, 6.45) is 0. The molecule has 0 atom stereocenters. The third-order valence-corrected chi connectivity index (χ3v) is 1.19. The first-order chi connectivity index (χ1) is 4.83. The number of rotatable bonds is 2. The fourth-order valence-corrected chi connectivity index (χ4v) is 0.793. The van der Waals surface area contributed by atoms with Crippen molar-refractivity contribution < 1.29 is 4.74 Å². The molecular weight excluding hydrogens is 150 g/mol. The predicted molar refractivity (Wildman–Crippen MR) is 42.2 cm³/mol. The van der Waals surface area contributed by atoms with Crippen molar-refractivity contribution in [2.24, 2.45) is 0 Å². The zero-order chi connectivity index (χ0) is 7.40. The lowest BCUT2D eigenvalue weighted by molar-refractivity contribution is 0.388. The summed E-state index contributed by atoms with van der Waals surface area (Å²) < 4.78 is 4.97. The Hall–Kier alpha value is -0.890. The average Bonchev–Trinajstić information content (AvgIpc) is 1.88. The van der Waals surface area contributed by atoms with Gasteiger partial charge in [0.15, 0.2) is 6.07 Å². The van der Waals surface area contributed by atoms with Crippen LogP contribution in [0.15, 0.2) is 24.3 Å². The Morgan fingerprint density at radius 3 is 2.90 bits per heavy atom. The number of anilines is 1. The minimum Gasteiger partial charge on any atom is -0.478 e. The third-order valence-electron chi connectivity index (χ3n) is 1.08. The zero-order valence-electron chi connectivity index (χ0n) is 5.38. The lowest BCUT2D eigenvalue weighted by Crippen LogP contribution is -1.90. The van der Waals surface area contributed by atoms with Gasteiger partial charge in [0.05, 0.1) is 0 Å². The molecule has 0 amide bonds. The summed E-state index contributed by atoms with van der Waals surface area (Å²) in [4.78, 5) is 0. The average molecular weight is 158 g/mol. The number of alkyl halides is 1. The van der Waals surface area contributed by atoms with Gasteiger partial charge in [0, 0.05) is 11.8 Å². The van der Waals surface area contributed by atoms with Gasteiger partial charge in [0.25, 0.3) is 0 Å². The molecule has 0 saturated carbocycles. The van der Waals surface area contributed by atoms with Crippen molar-refractivity contribution >= 4 is 17.3 Å². The first-order valence-corrected chi connectivity index (χ1v) is 3.40. The molecule has 0 aliphatic carbocycles. The maximum atomic E-state index is 5.47. The number of nitrogens with two attached hydrogens (primary N) is 1. The summed E-state index contributed by atoms with van der Waals surface area (Å²) in [5.41, 5.74) is 6.15. The molecule has 2 N–H and O–H groups in total. The van der Waals surface area contributed by atoms with E-state index < -0.39 is 0 Å². The van der Waals surface area contributed by atoms with Gasteiger partial charge in [0.1, 0.15) is 5.75 Å². The Morgan fingerprint density at radius 1 is 1.50 bits per heavy atom. The van der Waals surface area contributed by atoms with Gasteiger partial charge in [-0.05, 0) is 12.1 Å². The van der Waals surface area contributed by atoms with Gasteiger partial charge in [-0.1, -0.05) is 17.7 Å². The van der Waals surface area contributed by atoms with Crippen molar-refractivity contribution in [3.05, 3.63) is 24.3 Å². The number of benzene rings is 1. The van der Waals surface area contributed by atoms with Gasteiger partial charge in [-0.15, -0.1) is 0 Å². The topological polar surface area (TPSA) is 35.2 Å². The highest BCUT2D eigenvalue weighted by Crippen LogP contribution is 2.14. The Bertz CT molecular complexity index is 215. The predicted octanol–water partition coefficient (Wildman–Crippen LogP) is 1.84. The van der Waals surface area contributed by atoms with Crippen molar-refractivity contribution in [1.82, 2.24) is 0 Å². The van der Waals surface area contributed by atoms with E-state index in [2.05, 4.69) is 0 Å². The van der Waals surface area contributed by atoms with Gasteiger partial charge in [-0.2, -0.15) is 0 Å². The van der Waals surface area contributed by atoms with E-state index in [0.717, 1.165) is 0 Å². The van der Waals surface area contributed by atoms with Crippen molar-refractivity contribution in [3.63, 3.8) is 0 Å². The van der Waals surface area contributed by atoms with E-state index in [1.54, 1.807) is 18.2 Å². The monoisotopic (exact) mass is 157 g/mol. The maximum Gasteiger partial charge on any atom is 0.162 e. The van der Waals surface area contributed by atoms with Crippen LogP contribution in [0.4, 0.5) is 5.69 Å². The summed E-state index contributed by atoms with van der Waals surface area (Å²) in [6, 6.07) is 7.29. The Balaban J connectivity index is 2.75. The van der Waals surface area contributed by atoms with Crippen LogP contribution in [-0.2, 0) is 0 Å². The van der Waals surface area contributed by atoms with Crippen LogP contribution in [0.25, 0.3) is 0 Å². The Labute approximate surface area is 64.6 Å². The molecule has 3 heteroatoms. The fraction of sp³-hybridized carbons (Fsp3) is 0.143. The maximum absolute atomic E-state index is 5.47. The van der Waals surface area contributed by atoms with Crippen molar-refractivity contribution in [3.8, 4) is 5.75 Å². The van der Waals surface area contributed by atoms with Crippen LogP contribution in [0, 0.1) is 0 Å². The lowest BCUT2D eigenvalue weighted by Gasteiger charge is -2.00. The summed E-state index contributed by atoms with van der Waals surface area (Å²) in [5.74, 6) is 0.704. The number of halogens is 1. The normalized spacial score (nSPS) is 9.30. The molecule has 0 unspecified atom stereocenters. The van der Waals surface area contributed by atoms with E-state index in [9.17, 15) is 0 Å². The van der Waals surface area contributed by atoms with Crippen LogP contribution in [-0.4, -0.2) is 6.07 Å². The minimum atomic E-state index is 0.156.